The summed E-state index contributed by atoms with van der Waals surface area (Å²) in [6.45, 7) is 3.51. The molecule has 1 N–H and O–H groups in total. The molecular weight excluding hydrogens is 350 g/mol. The summed E-state index contributed by atoms with van der Waals surface area (Å²) in [5.74, 6) is -0.668. The number of nitrogens with zero attached hydrogens (tertiary/aromatic N) is 4. The first-order valence-corrected chi connectivity index (χ1v) is 7.10. The first-order chi connectivity index (χ1) is 9.74. The van der Waals surface area contributed by atoms with Crippen molar-refractivity contribution in [2.45, 2.75) is 45.4 Å². The summed E-state index contributed by atoms with van der Waals surface area (Å²) in [7, 11) is 0. The largest absolute Gasteiger partial charge is 0.364 e. The number of carbonyl (C=O) groups excluding carboxylic acids is 1. The van der Waals surface area contributed by atoms with Crippen molar-refractivity contribution in [1.82, 2.24) is 14.8 Å². The van der Waals surface area contributed by atoms with Gasteiger partial charge in [-0.2, -0.15) is 15.2 Å². The molecule has 21 heavy (non-hydrogen) atoms. The van der Waals surface area contributed by atoms with E-state index in [1.54, 1.807) is 13.1 Å². The van der Waals surface area contributed by atoms with Gasteiger partial charge in [-0.15, -0.1) is 0 Å². The monoisotopic (exact) mass is 364 g/mol. The molecule has 6 nitrogen and oxygen atoms in total. The maximum Gasteiger partial charge on any atom is 0.287 e. The number of aromatic nitrogens is 2. The number of hydrogen-bond donors (Lipinski definition) is 1. The second-order valence-electron chi connectivity index (χ2n) is 4.97. The van der Waals surface area contributed by atoms with Crippen LogP contribution in [0.25, 0.3) is 0 Å². The average molecular weight is 365 g/mol. The van der Waals surface area contributed by atoms with Crippen LogP contribution in [0.3, 0.4) is 0 Å². The molecule has 0 fully saturated rings. The molecule has 1 amide bonds. The third kappa shape index (κ3) is 3.13. The number of amides is 1. The maximum absolute atomic E-state index is 13.0. The molecule has 116 valence electrons. The summed E-state index contributed by atoms with van der Waals surface area (Å²) in [6, 6.07) is 0. The lowest BCUT2D eigenvalue weighted by atomic mass is 10.1. The summed E-state index contributed by atoms with van der Waals surface area (Å²) < 4.78 is 28.3. The Labute approximate surface area is 128 Å². The fraction of sp³-hybridized carbons (Fsp3) is 0.583. The molecule has 0 saturated carbocycles. The molecule has 1 aliphatic rings. The predicted octanol–water partition coefficient (Wildman–Crippen LogP) is 1.91. The molecular formula is C12H15BrF2N4O2. The minimum absolute atomic E-state index is 0.0840. The van der Waals surface area contributed by atoms with Crippen LogP contribution in [-0.4, -0.2) is 43.7 Å². The van der Waals surface area contributed by atoms with Crippen LogP contribution in [0.2, 0.25) is 0 Å². The van der Waals surface area contributed by atoms with Crippen molar-refractivity contribution in [3.63, 3.8) is 0 Å². The molecule has 2 rings (SSSR count). The van der Waals surface area contributed by atoms with Crippen LogP contribution in [0.1, 0.15) is 25.5 Å². The first kappa shape index (κ1) is 16.0. The molecule has 1 aliphatic heterocycles. The van der Waals surface area contributed by atoms with Gasteiger partial charge in [0.25, 0.3) is 6.43 Å². The molecule has 0 radical (unpaired) electrons. The Kier molecular flexibility index (Phi) is 4.43. The molecule has 2 heterocycles. The zero-order valence-corrected chi connectivity index (χ0v) is 13.1. The van der Waals surface area contributed by atoms with Gasteiger partial charge in [-0.25, -0.2) is 8.78 Å². The van der Waals surface area contributed by atoms with Crippen LogP contribution in [0.5, 0.6) is 0 Å². The smallest absolute Gasteiger partial charge is 0.287 e. The number of halogens is 3. The van der Waals surface area contributed by atoms with Crippen LogP contribution < -0.4 is 0 Å². The molecule has 0 spiro atoms. The number of hydrogen-bond acceptors (Lipinski definition) is 4. The van der Waals surface area contributed by atoms with E-state index in [-0.39, 0.29) is 19.4 Å². The van der Waals surface area contributed by atoms with E-state index >= 15 is 0 Å². The molecule has 1 aromatic rings. The summed E-state index contributed by atoms with van der Waals surface area (Å²) in [5, 5.41) is 18.3. The number of rotatable bonds is 4. The Balaban J connectivity index is 2.05. The molecule has 0 unspecified atom stereocenters. The minimum Gasteiger partial charge on any atom is -0.364 e. The van der Waals surface area contributed by atoms with Gasteiger partial charge >= 0.3 is 0 Å². The number of aryl methyl sites for hydroxylation is 2. The highest BCUT2D eigenvalue weighted by Crippen LogP contribution is 2.31. The van der Waals surface area contributed by atoms with E-state index in [0.29, 0.717) is 10.7 Å². The number of alkyl halides is 2. The van der Waals surface area contributed by atoms with Gasteiger partial charge in [0.1, 0.15) is 0 Å². The van der Waals surface area contributed by atoms with E-state index in [1.807, 2.05) is 0 Å². The Morgan fingerprint density at radius 3 is 2.76 bits per heavy atom. The Hall–Kier alpha value is -1.35. The second-order valence-corrected chi connectivity index (χ2v) is 5.83. The van der Waals surface area contributed by atoms with E-state index in [2.05, 4.69) is 26.1 Å². The van der Waals surface area contributed by atoms with Crippen LogP contribution in [0.4, 0.5) is 8.78 Å². The molecule has 0 saturated heterocycles. The normalized spacial score (nSPS) is 22.0. The van der Waals surface area contributed by atoms with Gasteiger partial charge in [-0.3, -0.25) is 9.48 Å². The van der Waals surface area contributed by atoms with Gasteiger partial charge in [-0.1, -0.05) is 0 Å². The Bertz CT molecular complexity index is 570. The summed E-state index contributed by atoms with van der Waals surface area (Å²) in [4.78, 5) is 12.0. The van der Waals surface area contributed by atoms with Gasteiger partial charge in [0.15, 0.2) is 0 Å². The molecule has 0 bridgehead atoms. The molecule has 9 heteroatoms. The maximum atomic E-state index is 13.0. The van der Waals surface area contributed by atoms with Crippen molar-refractivity contribution in [1.29, 1.82) is 0 Å². The topological polar surface area (TPSA) is 70.7 Å². The Morgan fingerprint density at radius 1 is 1.57 bits per heavy atom. The fourth-order valence-electron chi connectivity index (χ4n) is 2.11. The van der Waals surface area contributed by atoms with Gasteiger partial charge in [-0.05, 0) is 29.8 Å². The van der Waals surface area contributed by atoms with Gasteiger partial charge in [0.2, 0.25) is 11.6 Å². The highest BCUT2D eigenvalue weighted by Gasteiger charge is 2.50. The number of hydrazone groups is 1. The summed E-state index contributed by atoms with van der Waals surface area (Å²) in [5.41, 5.74) is -1.48. The van der Waals surface area contributed by atoms with E-state index in [1.165, 1.54) is 11.6 Å². The molecule has 0 aromatic carbocycles. The van der Waals surface area contributed by atoms with Crippen LogP contribution in [0, 0.1) is 6.92 Å². The lowest BCUT2D eigenvalue weighted by Crippen LogP contribution is -2.51. The highest BCUT2D eigenvalue weighted by atomic mass is 79.9. The van der Waals surface area contributed by atoms with Crippen LogP contribution in [-0.2, 0) is 11.3 Å². The fourth-order valence-corrected chi connectivity index (χ4v) is 2.43. The Morgan fingerprint density at radius 2 is 2.24 bits per heavy atom. The molecule has 1 aromatic heterocycles. The summed E-state index contributed by atoms with van der Waals surface area (Å²) in [6.07, 6.45) is -1.81. The van der Waals surface area contributed by atoms with Crippen molar-refractivity contribution in [2.24, 2.45) is 5.10 Å². The third-order valence-corrected chi connectivity index (χ3v) is 3.96. The standard InChI is InChI=1S/C12H15BrF2N4O2/c1-7-5-12(21,11(14)15)19(16-7)10(20)3-4-18-6-9(13)8(2)17-18/h6,11,21H,3-5H2,1-2H3/t12-/m0/s1. The van der Waals surface area contributed by atoms with Crippen molar-refractivity contribution in [3.05, 3.63) is 16.4 Å². The summed E-state index contributed by atoms with van der Waals surface area (Å²) >= 11 is 3.29. The van der Waals surface area contributed by atoms with Gasteiger partial charge in [0.05, 0.1) is 10.2 Å². The zero-order chi connectivity index (χ0) is 15.8. The predicted molar refractivity (Wildman–Crippen MR) is 74.8 cm³/mol. The van der Waals surface area contributed by atoms with Crippen LogP contribution >= 0.6 is 15.9 Å². The number of aliphatic hydroxyl groups is 1. The zero-order valence-electron chi connectivity index (χ0n) is 11.6. The van der Waals surface area contributed by atoms with Crippen LogP contribution in [0.15, 0.2) is 15.8 Å². The SMILES string of the molecule is CC1=NN(C(=O)CCn2cc(Br)c(C)n2)[C@@](O)(C(F)F)C1. The third-order valence-electron chi connectivity index (χ3n) is 3.18. The van der Waals surface area contributed by atoms with Gasteiger partial charge in [0, 0.05) is 31.3 Å². The van der Waals surface area contributed by atoms with Crippen molar-refractivity contribution in [2.75, 3.05) is 0 Å². The first-order valence-electron chi connectivity index (χ1n) is 6.31. The molecule has 0 aliphatic carbocycles. The van der Waals surface area contributed by atoms with Crippen molar-refractivity contribution in [3.8, 4) is 0 Å². The van der Waals surface area contributed by atoms with E-state index in [0.717, 1.165) is 10.2 Å². The molecule has 1 atom stereocenters. The average Bonchev–Trinajstić information content (AvgIpc) is 2.88. The van der Waals surface area contributed by atoms with Crippen molar-refractivity contribution < 1.29 is 18.7 Å². The van der Waals surface area contributed by atoms with E-state index < -0.39 is 18.1 Å². The lowest BCUT2D eigenvalue weighted by Gasteiger charge is -2.30. The quantitative estimate of drug-likeness (QED) is 0.886. The van der Waals surface area contributed by atoms with Gasteiger partial charge < -0.3 is 5.11 Å². The van der Waals surface area contributed by atoms with Crippen molar-refractivity contribution >= 4 is 27.5 Å². The second kappa shape index (κ2) is 5.80. The minimum atomic E-state index is -3.08. The van der Waals surface area contributed by atoms with E-state index in [9.17, 15) is 18.7 Å². The lowest BCUT2D eigenvalue weighted by molar-refractivity contribution is -0.192. The highest BCUT2D eigenvalue weighted by molar-refractivity contribution is 9.10. The van der Waals surface area contributed by atoms with E-state index in [4.69, 9.17) is 0 Å². The number of carbonyl (C=O) groups is 1.